The van der Waals surface area contributed by atoms with E-state index in [1.807, 2.05) is 0 Å². The summed E-state index contributed by atoms with van der Waals surface area (Å²) in [5, 5.41) is 0. The maximum absolute atomic E-state index is 13.1. The Morgan fingerprint density at radius 3 is 3.08 bits per heavy atom. The second kappa shape index (κ2) is 5.19. The maximum atomic E-state index is 13.1. The molecular formula is C9H13FN2S. The molecule has 4 heteroatoms. The highest BCUT2D eigenvalue weighted by molar-refractivity contribution is 7.99. The van der Waals surface area contributed by atoms with Gasteiger partial charge >= 0.3 is 0 Å². The Morgan fingerprint density at radius 2 is 2.46 bits per heavy atom. The first kappa shape index (κ1) is 10.5. The third kappa shape index (κ3) is 2.97. The van der Waals surface area contributed by atoms with Gasteiger partial charge in [-0.2, -0.15) is 11.8 Å². The highest BCUT2D eigenvalue weighted by atomic mass is 32.2. The smallest absolute Gasteiger partial charge is 0.146 e. The third-order valence-electron chi connectivity index (χ3n) is 1.70. The van der Waals surface area contributed by atoms with Crippen molar-refractivity contribution in [2.24, 2.45) is 5.73 Å². The number of halogens is 1. The molecule has 0 saturated heterocycles. The van der Waals surface area contributed by atoms with E-state index < -0.39 is 0 Å². The van der Waals surface area contributed by atoms with Crippen LogP contribution in [-0.2, 0) is 0 Å². The summed E-state index contributed by atoms with van der Waals surface area (Å²) >= 11 is 1.71. The average Bonchev–Trinajstić information content (AvgIpc) is 2.15. The van der Waals surface area contributed by atoms with Gasteiger partial charge in [0.1, 0.15) is 5.82 Å². The molecule has 1 aromatic heterocycles. The zero-order valence-corrected chi connectivity index (χ0v) is 8.35. The molecule has 1 aromatic rings. The summed E-state index contributed by atoms with van der Waals surface area (Å²) in [7, 11) is 0. The van der Waals surface area contributed by atoms with Gasteiger partial charge in [0, 0.05) is 23.6 Å². The third-order valence-corrected chi connectivity index (χ3v) is 2.71. The maximum Gasteiger partial charge on any atom is 0.146 e. The van der Waals surface area contributed by atoms with Crippen LogP contribution in [0.5, 0.6) is 0 Å². The van der Waals surface area contributed by atoms with Crippen molar-refractivity contribution in [2.75, 3.05) is 11.5 Å². The Labute approximate surface area is 81.7 Å². The number of pyridine rings is 1. The Morgan fingerprint density at radius 1 is 1.69 bits per heavy atom. The second-order valence-corrected chi connectivity index (χ2v) is 3.98. The molecule has 2 nitrogen and oxygen atoms in total. The highest BCUT2D eigenvalue weighted by Crippen LogP contribution is 2.17. The lowest BCUT2D eigenvalue weighted by molar-refractivity contribution is 0.589. The summed E-state index contributed by atoms with van der Waals surface area (Å²) in [6.45, 7) is 2.06. The van der Waals surface area contributed by atoms with Crippen molar-refractivity contribution in [2.45, 2.75) is 13.0 Å². The van der Waals surface area contributed by atoms with E-state index in [-0.39, 0.29) is 11.9 Å². The van der Waals surface area contributed by atoms with Crippen molar-refractivity contribution in [3.05, 3.63) is 29.8 Å². The molecule has 13 heavy (non-hydrogen) atoms. The van der Waals surface area contributed by atoms with Crippen LogP contribution in [0.2, 0.25) is 0 Å². The van der Waals surface area contributed by atoms with Crippen molar-refractivity contribution >= 4 is 11.8 Å². The van der Waals surface area contributed by atoms with Gasteiger partial charge in [-0.25, -0.2) is 4.39 Å². The van der Waals surface area contributed by atoms with Crippen molar-refractivity contribution in [3.63, 3.8) is 0 Å². The Hall–Kier alpha value is -0.610. The summed E-state index contributed by atoms with van der Waals surface area (Å²) in [5.74, 6) is 1.43. The number of nitrogens with two attached hydrogens (primary N) is 1. The van der Waals surface area contributed by atoms with Crippen LogP contribution < -0.4 is 5.73 Å². The van der Waals surface area contributed by atoms with Gasteiger partial charge in [0.05, 0.1) is 6.20 Å². The highest BCUT2D eigenvalue weighted by Gasteiger charge is 2.10. The average molecular weight is 200 g/mol. The van der Waals surface area contributed by atoms with Crippen LogP contribution in [0.15, 0.2) is 18.5 Å². The van der Waals surface area contributed by atoms with Crippen LogP contribution in [0.4, 0.5) is 4.39 Å². The Bertz CT molecular complexity index is 268. The van der Waals surface area contributed by atoms with Crippen molar-refractivity contribution in [3.8, 4) is 0 Å². The van der Waals surface area contributed by atoms with Crippen LogP contribution >= 0.6 is 11.8 Å². The molecule has 0 aliphatic carbocycles. The zero-order valence-electron chi connectivity index (χ0n) is 7.53. The van der Waals surface area contributed by atoms with E-state index in [0.717, 1.165) is 11.5 Å². The molecule has 0 saturated carbocycles. The number of hydrogen-bond acceptors (Lipinski definition) is 3. The topological polar surface area (TPSA) is 38.9 Å². The molecule has 0 spiro atoms. The molecule has 0 bridgehead atoms. The SMILES string of the molecule is CCSCC(N)c1ccncc1F. The van der Waals surface area contributed by atoms with Gasteiger partial charge in [-0.15, -0.1) is 0 Å². The zero-order chi connectivity index (χ0) is 9.68. The van der Waals surface area contributed by atoms with Crippen LogP contribution in [0, 0.1) is 5.82 Å². The first-order chi connectivity index (χ1) is 6.25. The summed E-state index contributed by atoms with van der Waals surface area (Å²) in [6, 6.07) is 1.41. The molecule has 0 radical (unpaired) electrons. The van der Waals surface area contributed by atoms with Crippen LogP contribution in [0.25, 0.3) is 0 Å². The van der Waals surface area contributed by atoms with E-state index in [0.29, 0.717) is 5.56 Å². The normalized spacial score (nSPS) is 12.8. The monoisotopic (exact) mass is 200 g/mol. The molecule has 1 unspecified atom stereocenters. The van der Waals surface area contributed by atoms with E-state index in [1.165, 1.54) is 6.20 Å². The lowest BCUT2D eigenvalue weighted by Gasteiger charge is -2.10. The van der Waals surface area contributed by atoms with Gasteiger partial charge in [-0.1, -0.05) is 6.92 Å². The predicted molar refractivity (Wildman–Crippen MR) is 54.1 cm³/mol. The number of thioether (sulfide) groups is 1. The first-order valence-electron chi connectivity index (χ1n) is 4.18. The van der Waals surface area contributed by atoms with Gasteiger partial charge < -0.3 is 5.73 Å². The molecule has 0 aromatic carbocycles. The second-order valence-electron chi connectivity index (χ2n) is 2.66. The van der Waals surface area contributed by atoms with Crippen LogP contribution in [0.1, 0.15) is 18.5 Å². The number of hydrogen-bond donors (Lipinski definition) is 1. The van der Waals surface area contributed by atoms with Crippen LogP contribution in [0.3, 0.4) is 0 Å². The van der Waals surface area contributed by atoms with Gasteiger partial charge in [0.25, 0.3) is 0 Å². The molecule has 0 amide bonds. The number of aromatic nitrogens is 1. The van der Waals surface area contributed by atoms with Crippen molar-refractivity contribution in [1.82, 2.24) is 4.98 Å². The first-order valence-corrected chi connectivity index (χ1v) is 5.34. The minimum Gasteiger partial charge on any atom is -0.323 e. The van der Waals surface area contributed by atoms with Gasteiger partial charge in [-0.3, -0.25) is 4.98 Å². The lowest BCUT2D eigenvalue weighted by atomic mass is 10.1. The predicted octanol–water partition coefficient (Wildman–Crippen LogP) is 1.97. The minimum atomic E-state index is -0.313. The quantitative estimate of drug-likeness (QED) is 0.807. The fourth-order valence-electron chi connectivity index (χ4n) is 1.02. The number of nitrogens with zero attached hydrogens (tertiary/aromatic N) is 1. The fraction of sp³-hybridized carbons (Fsp3) is 0.444. The van der Waals surface area contributed by atoms with Gasteiger partial charge in [0.15, 0.2) is 0 Å². The molecule has 0 fully saturated rings. The largest absolute Gasteiger partial charge is 0.323 e. The van der Waals surface area contributed by atoms with Crippen molar-refractivity contribution in [1.29, 1.82) is 0 Å². The molecular weight excluding hydrogens is 187 g/mol. The van der Waals surface area contributed by atoms with E-state index in [1.54, 1.807) is 24.0 Å². The summed E-state index contributed by atoms with van der Waals surface area (Å²) < 4.78 is 13.1. The molecule has 2 N–H and O–H groups in total. The minimum absolute atomic E-state index is 0.229. The lowest BCUT2D eigenvalue weighted by Crippen LogP contribution is -2.15. The summed E-state index contributed by atoms with van der Waals surface area (Å²) in [4.78, 5) is 3.67. The molecule has 1 atom stereocenters. The van der Waals surface area contributed by atoms with Crippen molar-refractivity contribution < 1.29 is 4.39 Å². The molecule has 0 aliphatic heterocycles. The Kier molecular flexibility index (Phi) is 4.18. The van der Waals surface area contributed by atoms with E-state index in [9.17, 15) is 4.39 Å². The van der Waals surface area contributed by atoms with E-state index in [4.69, 9.17) is 5.73 Å². The molecule has 1 heterocycles. The molecule has 0 aliphatic rings. The van der Waals surface area contributed by atoms with E-state index in [2.05, 4.69) is 11.9 Å². The fourth-order valence-corrected chi connectivity index (χ4v) is 1.69. The van der Waals surface area contributed by atoms with Gasteiger partial charge in [0.2, 0.25) is 0 Å². The van der Waals surface area contributed by atoms with Crippen LogP contribution in [-0.4, -0.2) is 16.5 Å². The number of rotatable bonds is 4. The molecule has 72 valence electrons. The van der Waals surface area contributed by atoms with Gasteiger partial charge in [-0.05, 0) is 11.8 Å². The summed E-state index contributed by atoms with van der Waals surface area (Å²) in [6.07, 6.45) is 2.76. The summed E-state index contributed by atoms with van der Waals surface area (Å²) in [5.41, 5.74) is 6.35. The molecule has 1 rings (SSSR count). The Balaban J connectivity index is 2.65. The van der Waals surface area contributed by atoms with E-state index >= 15 is 0 Å². The standard InChI is InChI=1S/C9H13FN2S/c1-2-13-6-9(11)7-3-4-12-5-8(7)10/h3-5,9H,2,6,11H2,1H3.